The zero-order valence-corrected chi connectivity index (χ0v) is 22.0. The number of hydrogen-bond acceptors (Lipinski definition) is 5. The highest BCUT2D eigenvalue weighted by Crippen LogP contribution is 2.31. The third kappa shape index (κ3) is 6.01. The molecule has 0 amide bonds. The van der Waals surface area contributed by atoms with Crippen LogP contribution >= 0.6 is 0 Å². The lowest BCUT2D eigenvalue weighted by atomic mass is 10.1. The first-order valence-electron chi connectivity index (χ1n) is 13.3. The second kappa shape index (κ2) is 11.8. The van der Waals surface area contributed by atoms with Crippen molar-refractivity contribution >= 4 is 44.3 Å². The molecule has 0 saturated heterocycles. The van der Waals surface area contributed by atoms with Gasteiger partial charge in [-0.3, -0.25) is 0 Å². The molecule has 0 fully saturated rings. The minimum atomic E-state index is -0.817. The van der Waals surface area contributed by atoms with E-state index >= 15 is 0 Å². The molecule has 6 aromatic carbocycles. The summed E-state index contributed by atoms with van der Waals surface area (Å²) in [4.78, 5) is 0. The van der Waals surface area contributed by atoms with Gasteiger partial charge in [0.05, 0.1) is 11.4 Å². The molecule has 0 heterocycles. The number of aliphatic hydroxyl groups is 1. The molecule has 0 aromatic heterocycles. The molecule has 0 unspecified atom stereocenters. The lowest BCUT2D eigenvalue weighted by molar-refractivity contribution is 0.0631. The fourth-order valence-electron chi connectivity index (χ4n) is 4.66. The van der Waals surface area contributed by atoms with E-state index in [1.165, 1.54) is 10.8 Å². The smallest absolute Gasteiger partial charge is 0.142 e. The Morgan fingerprint density at radius 3 is 1.35 bits per heavy atom. The monoisotopic (exact) mass is 526 g/mol. The summed E-state index contributed by atoms with van der Waals surface area (Å²) in [6, 6.07) is 44.4. The van der Waals surface area contributed by atoms with E-state index in [2.05, 4.69) is 59.2 Å². The third-order valence-electron chi connectivity index (χ3n) is 6.69. The molecule has 5 nitrogen and oxygen atoms in total. The normalized spacial score (nSPS) is 11.1. The molecule has 0 bridgehead atoms. The summed E-state index contributed by atoms with van der Waals surface area (Å²) in [6.07, 6.45) is -0.817. The van der Waals surface area contributed by atoms with Crippen LogP contribution in [0.3, 0.4) is 0 Å². The molecule has 0 aliphatic rings. The van der Waals surface area contributed by atoms with Gasteiger partial charge in [-0.1, -0.05) is 84.9 Å². The largest absolute Gasteiger partial charge is 0.489 e. The van der Waals surface area contributed by atoms with Crippen LogP contribution in [-0.4, -0.2) is 24.4 Å². The highest BCUT2D eigenvalue weighted by molar-refractivity contribution is 5.87. The number of rotatable bonds is 10. The Kier molecular flexibility index (Phi) is 7.46. The summed E-state index contributed by atoms with van der Waals surface area (Å²) >= 11 is 0. The predicted octanol–water partition coefficient (Wildman–Crippen LogP) is 8.30. The third-order valence-corrected chi connectivity index (χ3v) is 6.69. The summed E-state index contributed by atoms with van der Waals surface area (Å²) in [6.45, 7) is 0.188. The molecule has 0 spiro atoms. The molecule has 6 rings (SSSR count). The van der Waals surface area contributed by atoms with E-state index in [4.69, 9.17) is 9.47 Å². The van der Waals surface area contributed by atoms with E-state index in [0.717, 1.165) is 33.5 Å². The van der Waals surface area contributed by atoms with Crippen molar-refractivity contribution in [2.24, 2.45) is 0 Å². The van der Waals surface area contributed by atoms with Gasteiger partial charge in [0.15, 0.2) is 0 Å². The molecular formula is C35H30N2O3. The summed E-state index contributed by atoms with van der Waals surface area (Å²) < 4.78 is 12.0. The minimum Gasteiger partial charge on any atom is -0.489 e. The molecule has 0 aliphatic heterocycles. The van der Waals surface area contributed by atoms with Crippen LogP contribution in [0.2, 0.25) is 0 Å². The van der Waals surface area contributed by atoms with Gasteiger partial charge < -0.3 is 25.2 Å². The van der Waals surface area contributed by atoms with Crippen molar-refractivity contribution in [3.05, 3.63) is 133 Å². The van der Waals surface area contributed by atoms with Gasteiger partial charge in [0, 0.05) is 11.4 Å². The number of hydrogen-bond donors (Lipinski definition) is 3. The van der Waals surface area contributed by atoms with E-state index in [1.54, 1.807) is 0 Å². The first-order chi connectivity index (χ1) is 19.7. The van der Waals surface area contributed by atoms with Gasteiger partial charge in [-0.15, -0.1) is 0 Å². The highest BCUT2D eigenvalue weighted by atomic mass is 16.5. The lowest BCUT2D eigenvalue weighted by Gasteiger charge is -2.18. The Hall–Kier alpha value is -5.00. The number of aliphatic hydroxyl groups excluding tert-OH is 1. The Labute approximate surface area is 233 Å². The molecule has 0 aliphatic carbocycles. The fourth-order valence-corrected chi connectivity index (χ4v) is 4.66. The van der Waals surface area contributed by atoms with E-state index in [1.807, 2.05) is 84.9 Å². The molecule has 5 heteroatoms. The van der Waals surface area contributed by atoms with Crippen LogP contribution in [0.25, 0.3) is 21.5 Å². The van der Waals surface area contributed by atoms with Gasteiger partial charge in [0.25, 0.3) is 0 Å². The van der Waals surface area contributed by atoms with Crippen LogP contribution in [0, 0.1) is 0 Å². The zero-order chi connectivity index (χ0) is 27.1. The van der Waals surface area contributed by atoms with Gasteiger partial charge in [-0.05, 0) is 70.1 Å². The van der Waals surface area contributed by atoms with Gasteiger partial charge >= 0.3 is 0 Å². The van der Waals surface area contributed by atoms with Crippen LogP contribution in [-0.2, 0) is 0 Å². The topological polar surface area (TPSA) is 62.8 Å². The first-order valence-corrected chi connectivity index (χ1v) is 13.3. The minimum absolute atomic E-state index is 0.0939. The van der Waals surface area contributed by atoms with Crippen molar-refractivity contribution in [3.63, 3.8) is 0 Å². The van der Waals surface area contributed by atoms with E-state index < -0.39 is 6.10 Å². The summed E-state index contributed by atoms with van der Waals surface area (Å²) in [5, 5.41) is 22.3. The second-order valence-electron chi connectivity index (χ2n) is 9.64. The average molecular weight is 527 g/mol. The number of anilines is 4. The van der Waals surface area contributed by atoms with Crippen molar-refractivity contribution < 1.29 is 14.6 Å². The molecule has 0 saturated carbocycles. The van der Waals surface area contributed by atoms with E-state index in [0.29, 0.717) is 11.5 Å². The maximum atomic E-state index is 10.7. The van der Waals surface area contributed by atoms with E-state index in [-0.39, 0.29) is 13.2 Å². The van der Waals surface area contributed by atoms with Gasteiger partial charge in [0.1, 0.15) is 30.8 Å². The summed E-state index contributed by atoms with van der Waals surface area (Å²) in [5.74, 6) is 1.32. The quantitative estimate of drug-likeness (QED) is 0.168. The number of benzene rings is 6. The number of ether oxygens (including phenoxy) is 2. The molecule has 198 valence electrons. The molecule has 40 heavy (non-hydrogen) atoms. The van der Waals surface area contributed by atoms with Gasteiger partial charge in [-0.25, -0.2) is 0 Å². The van der Waals surface area contributed by atoms with Gasteiger partial charge in [0.2, 0.25) is 0 Å². The van der Waals surface area contributed by atoms with Crippen LogP contribution in [0.15, 0.2) is 133 Å². The summed E-state index contributed by atoms with van der Waals surface area (Å²) in [7, 11) is 0. The number of fused-ring (bicyclic) bond motifs is 2. The van der Waals surface area contributed by atoms with Crippen LogP contribution < -0.4 is 20.1 Å². The van der Waals surface area contributed by atoms with E-state index in [9.17, 15) is 5.11 Å². The van der Waals surface area contributed by atoms with Crippen molar-refractivity contribution in [1.82, 2.24) is 0 Å². The van der Waals surface area contributed by atoms with Crippen molar-refractivity contribution in [3.8, 4) is 11.5 Å². The molecule has 0 radical (unpaired) electrons. The first kappa shape index (κ1) is 25.3. The van der Waals surface area contributed by atoms with Crippen molar-refractivity contribution in [2.45, 2.75) is 6.10 Å². The Bertz CT molecular complexity index is 1620. The predicted molar refractivity (Wildman–Crippen MR) is 164 cm³/mol. The summed E-state index contributed by atoms with van der Waals surface area (Å²) in [5.41, 5.74) is 3.59. The Balaban J connectivity index is 1.07. The number of para-hydroxylation sites is 4. The molecule has 6 aromatic rings. The zero-order valence-electron chi connectivity index (χ0n) is 22.0. The Morgan fingerprint density at radius 2 is 0.875 bits per heavy atom. The van der Waals surface area contributed by atoms with Gasteiger partial charge in [-0.2, -0.15) is 0 Å². The fraction of sp³-hybridized carbons (Fsp3) is 0.0857. The highest BCUT2D eigenvalue weighted by Gasteiger charge is 2.12. The van der Waals surface area contributed by atoms with Crippen LogP contribution in [0.1, 0.15) is 0 Å². The molecular weight excluding hydrogens is 496 g/mol. The van der Waals surface area contributed by atoms with Crippen molar-refractivity contribution in [1.29, 1.82) is 0 Å². The Morgan fingerprint density at radius 1 is 0.475 bits per heavy atom. The number of nitrogens with one attached hydrogen (secondary N) is 2. The molecule has 3 N–H and O–H groups in total. The standard InChI is InChI=1S/C35H30N2O3/c38-31(23-39-34-15-7-5-13-32(34)36-29-19-17-25-9-1-3-11-27(25)21-29)24-40-35-16-8-6-14-33(35)37-30-20-18-26-10-2-4-12-28(26)22-30/h1-22,31,36-38H,23-24H2. The van der Waals surface area contributed by atoms with Crippen LogP contribution in [0.5, 0.6) is 11.5 Å². The average Bonchev–Trinajstić information content (AvgIpc) is 3.00. The SMILES string of the molecule is OC(COc1ccccc1Nc1ccc2ccccc2c1)COc1ccccc1Nc1ccc2ccccc2c1. The molecule has 0 atom stereocenters. The second-order valence-corrected chi connectivity index (χ2v) is 9.64. The van der Waals surface area contributed by atoms with Crippen molar-refractivity contribution in [2.75, 3.05) is 23.8 Å². The maximum Gasteiger partial charge on any atom is 0.142 e. The lowest BCUT2D eigenvalue weighted by Crippen LogP contribution is -2.25. The maximum absolute atomic E-state index is 10.7. The van der Waals surface area contributed by atoms with Crippen LogP contribution in [0.4, 0.5) is 22.7 Å².